The Hall–Kier alpha value is -2.22. The first-order chi connectivity index (χ1) is 9.85. The largest absolute Gasteiger partial charge is 0.254 e. The number of aromatic nitrogens is 2. The Bertz CT molecular complexity index is 705. The third kappa shape index (κ3) is 2.85. The summed E-state index contributed by atoms with van der Waals surface area (Å²) in [5, 5.41) is 0. The zero-order valence-corrected chi connectivity index (χ0v) is 11.7. The molecule has 0 amide bonds. The molecule has 0 aliphatic rings. The van der Waals surface area contributed by atoms with Crippen molar-refractivity contribution in [2.24, 2.45) is 0 Å². The van der Waals surface area contributed by atoms with E-state index in [1.807, 2.05) is 12.4 Å². The predicted molar refractivity (Wildman–Crippen MR) is 82.8 cm³/mol. The van der Waals surface area contributed by atoms with Crippen LogP contribution in [0.1, 0.15) is 23.6 Å². The van der Waals surface area contributed by atoms with Crippen molar-refractivity contribution in [3.8, 4) is 0 Å². The van der Waals surface area contributed by atoms with Crippen molar-refractivity contribution in [2.45, 2.75) is 26.2 Å². The van der Waals surface area contributed by atoms with Gasteiger partial charge >= 0.3 is 0 Å². The van der Waals surface area contributed by atoms with E-state index in [9.17, 15) is 0 Å². The molecule has 0 fully saturated rings. The molecule has 0 saturated heterocycles. The van der Waals surface area contributed by atoms with Crippen molar-refractivity contribution in [3.63, 3.8) is 0 Å². The number of benzene rings is 1. The summed E-state index contributed by atoms with van der Waals surface area (Å²) >= 11 is 0. The van der Waals surface area contributed by atoms with Gasteiger partial charge in [-0.05, 0) is 48.1 Å². The molecule has 20 heavy (non-hydrogen) atoms. The van der Waals surface area contributed by atoms with E-state index in [1.165, 1.54) is 16.7 Å². The van der Waals surface area contributed by atoms with E-state index in [4.69, 9.17) is 0 Å². The highest BCUT2D eigenvalue weighted by molar-refractivity contribution is 5.74. The number of fused-ring (bicyclic) bond motifs is 1. The Morgan fingerprint density at radius 3 is 2.05 bits per heavy atom. The van der Waals surface area contributed by atoms with Gasteiger partial charge in [0.15, 0.2) is 0 Å². The fraction of sp³-hybridized carbons (Fsp3) is 0.222. The summed E-state index contributed by atoms with van der Waals surface area (Å²) in [5.74, 6) is 0. The summed E-state index contributed by atoms with van der Waals surface area (Å²) in [5.41, 5.74) is 5.84. The molecular formula is C18H18N2. The summed E-state index contributed by atoms with van der Waals surface area (Å²) in [6.07, 6.45) is 6.98. The second-order valence-corrected chi connectivity index (χ2v) is 5.06. The zero-order valence-electron chi connectivity index (χ0n) is 11.7. The Kier molecular flexibility index (Phi) is 3.73. The van der Waals surface area contributed by atoms with E-state index >= 15 is 0 Å². The molecule has 0 unspecified atom stereocenters. The van der Waals surface area contributed by atoms with Crippen molar-refractivity contribution in [1.82, 2.24) is 9.97 Å². The van der Waals surface area contributed by atoms with Crippen molar-refractivity contribution in [3.05, 3.63) is 71.5 Å². The lowest BCUT2D eigenvalue weighted by Gasteiger charge is -2.04. The quantitative estimate of drug-likeness (QED) is 0.710. The van der Waals surface area contributed by atoms with Gasteiger partial charge in [-0.1, -0.05) is 37.3 Å². The van der Waals surface area contributed by atoms with Gasteiger partial charge in [-0.2, -0.15) is 0 Å². The lowest BCUT2D eigenvalue weighted by molar-refractivity contribution is 0.953. The second kappa shape index (κ2) is 5.83. The minimum absolute atomic E-state index is 0.993. The number of pyridine rings is 2. The maximum absolute atomic E-state index is 4.54. The van der Waals surface area contributed by atoms with Crippen molar-refractivity contribution in [1.29, 1.82) is 0 Å². The van der Waals surface area contributed by atoms with Crippen molar-refractivity contribution in [2.75, 3.05) is 0 Å². The van der Waals surface area contributed by atoms with Gasteiger partial charge in [0, 0.05) is 12.4 Å². The summed E-state index contributed by atoms with van der Waals surface area (Å²) < 4.78 is 0. The van der Waals surface area contributed by atoms with Crippen LogP contribution in [0.15, 0.2) is 54.9 Å². The highest BCUT2D eigenvalue weighted by Crippen LogP contribution is 2.14. The first-order valence-electron chi connectivity index (χ1n) is 7.12. The Balaban J connectivity index is 1.79. The van der Waals surface area contributed by atoms with Crippen LogP contribution < -0.4 is 0 Å². The highest BCUT2D eigenvalue weighted by Gasteiger charge is 2.01. The standard InChI is InChI=1S/C18H18N2/c1-2-14-10-17-18(19-12-14)11-16(13-20-17)9-8-15-6-4-3-5-7-15/h3-7,10-13H,2,8-9H2,1H3. The molecule has 3 rings (SSSR count). The smallest absolute Gasteiger partial charge is 0.0889 e. The normalized spacial score (nSPS) is 10.8. The lowest BCUT2D eigenvalue weighted by Crippen LogP contribution is -1.94. The molecule has 0 spiro atoms. The number of nitrogens with zero attached hydrogens (tertiary/aromatic N) is 2. The van der Waals surface area contributed by atoms with Gasteiger partial charge in [-0.15, -0.1) is 0 Å². The van der Waals surface area contributed by atoms with Crippen LogP contribution in [0.4, 0.5) is 0 Å². The van der Waals surface area contributed by atoms with Crippen LogP contribution in [0.3, 0.4) is 0 Å². The summed E-state index contributed by atoms with van der Waals surface area (Å²) in [6.45, 7) is 2.14. The van der Waals surface area contributed by atoms with E-state index in [1.54, 1.807) is 0 Å². The molecule has 1 aromatic carbocycles. The van der Waals surface area contributed by atoms with Crippen LogP contribution in [0.5, 0.6) is 0 Å². The van der Waals surface area contributed by atoms with Gasteiger partial charge in [-0.3, -0.25) is 9.97 Å². The summed E-state index contributed by atoms with van der Waals surface area (Å²) in [4.78, 5) is 9.04. The number of rotatable bonds is 4. The van der Waals surface area contributed by atoms with Crippen LogP contribution >= 0.6 is 0 Å². The lowest BCUT2D eigenvalue weighted by atomic mass is 10.1. The van der Waals surface area contributed by atoms with Gasteiger partial charge in [0.05, 0.1) is 11.0 Å². The van der Waals surface area contributed by atoms with Crippen molar-refractivity contribution >= 4 is 11.0 Å². The fourth-order valence-corrected chi connectivity index (χ4v) is 2.35. The van der Waals surface area contributed by atoms with Crippen LogP contribution in [0, 0.1) is 0 Å². The number of hydrogen-bond donors (Lipinski definition) is 0. The molecule has 0 atom stereocenters. The SMILES string of the molecule is CCc1cnc2cc(CCc3ccccc3)cnc2c1. The van der Waals surface area contributed by atoms with Gasteiger partial charge in [-0.25, -0.2) is 0 Å². The highest BCUT2D eigenvalue weighted by atomic mass is 14.7. The minimum atomic E-state index is 0.993. The summed E-state index contributed by atoms with van der Waals surface area (Å²) in [6, 6.07) is 14.8. The first-order valence-corrected chi connectivity index (χ1v) is 7.12. The molecule has 2 heteroatoms. The third-order valence-corrected chi connectivity index (χ3v) is 3.60. The molecule has 2 heterocycles. The van der Waals surface area contributed by atoms with Gasteiger partial charge in [0.2, 0.25) is 0 Å². The average Bonchev–Trinajstić information content (AvgIpc) is 2.53. The first kappa shape index (κ1) is 12.8. The number of hydrogen-bond acceptors (Lipinski definition) is 2. The van der Waals surface area contributed by atoms with E-state index in [0.29, 0.717) is 0 Å². The van der Waals surface area contributed by atoms with Gasteiger partial charge in [0.25, 0.3) is 0 Å². The molecule has 0 radical (unpaired) electrons. The molecule has 3 aromatic rings. The zero-order chi connectivity index (χ0) is 13.8. The Morgan fingerprint density at radius 1 is 0.750 bits per heavy atom. The van der Waals surface area contributed by atoms with E-state index in [-0.39, 0.29) is 0 Å². The molecule has 100 valence electrons. The maximum atomic E-state index is 4.54. The monoisotopic (exact) mass is 262 g/mol. The Labute approximate surface area is 119 Å². The minimum Gasteiger partial charge on any atom is -0.254 e. The van der Waals surface area contributed by atoms with Crippen LogP contribution in [0.25, 0.3) is 11.0 Å². The predicted octanol–water partition coefficient (Wildman–Crippen LogP) is 3.98. The van der Waals surface area contributed by atoms with Crippen LogP contribution in [0.2, 0.25) is 0 Å². The topological polar surface area (TPSA) is 25.8 Å². The van der Waals surface area contributed by atoms with E-state index in [2.05, 4.69) is 59.4 Å². The third-order valence-electron chi connectivity index (χ3n) is 3.60. The second-order valence-electron chi connectivity index (χ2n) is 5.06. The van der Waals surface area contributed by atoms with Gasteiger partial charge in [0.1, 0.15) is 0 Å². The molecule has 0 saturated carbocycles. The van der Waals surface area contributed by atoms with Gasteiger partial charge < -0.3 is 0 Å². The van der Waals surface area contributed by atoms with Crippen molar-refractivity contribution < 1.29 is 0 Å². The molecule has 2 aromatic heterocycles. The van der Waals surface area contributed by atoms with E-state index < -0.39 is 0 Å². The molecule has 0 bridgehead atoms. The average molecular weight is 262 g/mol. The molecule has 0 aliphatic carbocycles. The molecule has 0 N–H and O–H groups in total. The molecular weight excluding hydrogens is 244 g/mol. The maximum Gasteiger partial charge on any atom is 0.0889 e. The van der Waals surface area contributed by atoms with Crippen LogP contribution in [-0.2, 0) is 19.3 Å². The number of aryl methyl sites for hydroxylation is 3. The van der Waals surface area contributed by atoms with E-state index in [0.717, 1.165) is 30.3 Å². The summed E-state index contributed by atoms with van der Waals surface area (Å²) in [7, 11) is 0. The fourth-order valence-electron chi connectivity index (χ4n) is 2.35. The molecule has 2 nitrogen and oxygen atoms in total. The van der Waals surface area contributed by atoms with Crippen LogP contribution in [-0.4, -0.2) is 9.97 Å². The Morgan fingerprint density at radius 2 is 1.35 bits per heavy atom. The molecule has 0 aliphatic heterocycles.